The zero-order valence-corrected chi connectivity index (χ0v) is 6.96. The molecule has 1 aromatic heterocycles. The van der Waals surface area contributed by atoms with E-state index < -0.39 is 0 Å². The van der Waals surface area contributed by atoms with Gasteiger partial charge in [-0.05, 0) is 18.8 Å². The van der Waals surface area contributed by atoms with Gasteiger partial charge in [-0.25, -0.2) is 4.98 Å². The smallest absolute Gasteiger partial charge is 0.133 e. The second-order valence-electron chi connectivity index (χ2n) is 2.07. The minimum absolute atomic E-state index is 0.879. The third kappa shape index (κ3) is 1.42. The quantitative estimate of drug-likeness (QED) is 0.661. The van der Waals surface area contributed by atoms with Crippen molar-refractivity contribution in [2.75, 3.05) is 6.26 Å². The van der Waals surface area contributed by atoms with E-state index in [1.54, 1.807) is 11.8 Å². The number of H-pyrrole nitrogens is 1. The van der Waals surface area contributed by atoms with Crippen molar-refractivity contribution in [1.82, 2.24) is 9.97 Å². The molecule has 1 N–H and O–H groups in total. The van der Waals surface area contributed by atoms with Gasteiger partial charge in [-0.1, -0.05) is 6.58 Å². The minimum atomic E-state index is 0.879. The maximum absolute atomic E-state index is 4.24. The van der Waals surface area contributed by atoms with Crippen LogP contribution in [0, 0.1) is 0 Å². The van der Waals surface area contributed by atoms with Gasteiger partial charge >= 0.3 is 0 Å². The Labute approximate surface area is 64.8 Å². The van der Waals surface area contributed by atoms with Gasteiger partial charge in [0.25, 0.3) is 0 Å². The van der Waals surface area contributed by atoms with Crippen LogP contribution in [-0.2, 0) is 0 Å². The summed E-state index contributed by atoms with van der Waals surface area (Å²) >= 11 is 1.62. The largest absolute Gasteiger partial charge is 0.344 e. The molecule has 0 spiro atoms. The van der Waals surface area contributed by atoms with E-state index in [9.17, 15) is 0 Å². The van der Waals surface area contributed by atoms with Crippen LogP contribution in [0.3, 0.4) is 0 Å². The molecule has 2 nitrogen and oxygen atoms in total. The summed E-state index contributed by atoms with van der Waals surface area (Å²) in [5.41, 5.74) is 0.972. The Hall–Kier alpha value is -0.700. The summed E-state index contributed by atoms with van der Waals surface area (Å²) in [7, 11) is 0. The number of aromatic nitrogens is 2. The molecule has 0 aliphatic rings. The maximum Gasteiger partial charge on any atom is 0.133 e. The Kier molecular flexibility index (Phi) is 2.17. The molecule has 0 saturated carbocycles. The first-order valence-corrected chi connectivity index (χ1v) is 4.22. The van der Waals surface area contributed by atoms with E-state index in [2.05, 4.69) is 16.5 Å². The third-order valence-electron chi connectivity index (χ3n) is 1.17. The van der Waals surface area contributed by atoms with Gasteiger partial charge in [0, 0.05) is 6.20 Å². The van der Waals surface area contributed by atoms with Crippen LogP contribution >= 0.6 is 11.8 Å². The molecule has 0 aliphatic carbocycles. The number of imidazole rings is 1. The summed E-state index contributed by atoms with van der Waals surface area (Å²) < 4.78 is 0. The van der Waals surface area contributed by atoms with E-state index in [-0.39, 0.29) is 0 Å². The summed E-state index contributed by atoms with van der Waals surface area (Å²) in [5.74, 6) is 0.879. The van der Waals surface area contributed by atoms with E-state index in [1.165, 1.54) is 0 Å². The van der Waals surface area contributed by atoms with Crippen molar-refractivity contribution in [2.45, 2.75) is 11.9 Å². The minimum Gasteiger partial charge on any atom is -0.344 e. The van der Waals surface area contributed by atoms with E-state index in [4.69, 9.17) is 0 Å². The molecule has 54 valence electrons. The highest BCUT2D eigenvalue weighted by Crippen LogP contribution is 2.13. The van der Waals surface area contributed by atoms with Gasteiger partial charge in [-0.3, -0.25) is 0 Å². The number of hydrogen-bond donors (Lipinski definition) is 1. The van der Waals surface area contributed by atoms with E-state index in [0.717, 1.165) is 16.4 Å². The highest BCUT2D eigenvalue weighted by molar-refractivity contribution is 7.98. The van der Waals surface area contributed by atoms with Crippen LogP contribution in [0.2, 0.25) is 0 Å². The molecule has 1 aromatic rings. The van der Waals surface area contributed by atoms with Crippen molar-refractivity contribution in [1.29, 1.82) is 0 Å². The summed E-state index contributed by atoms with van der Waals surface area (Å²) in [4.78, 5) is 7.26. The first kappa shape index (κ1) is 7.41. The Balaban J connectivity index is 2.88. The predicted octanol–water partition coefficient (Wildman–Crippen LogP) is 2.16. The molecule has 0 radical (unpaired) electrons. The van der Waals surface area contributed by atoms with Gasteiger partial charge in [-0.2, -0.15) is 0 Å². The van der Waals surface area contributed by atoms with Crippen LogP contribution in [0.1, 0.15) is 12.7 Å². The molecule has 0 bridgehead atoms. The molecular weight excluding hydrogens is 144 g/mol. The zero-order chi connectivity index (χ0) is 7.56. The van der Waals surface area contributed by atoms with Crippen LogP contribution < -0.4 is 0 Å². The highest BCUT2D eigenvalue weighted by Gasteiger charge is 1.98. The van der Waals surface area contributed by atoms with Crippen molar-refractivity contribution in [3.63, 3.8) is 0 Å². The Morgan fingerprint density at radius 3 is 2.80 bits per heavy atom. The molecule has 0 amide bonds. The lowest BCUT2D eigenvalue weighted by molar-refractivity contribution is 1.16. The standard InChI is InChI=1S/C7H10N2S/c1-5(2)7-8-4-6(9-7)10-3/h4H,1H2,2-3H3,(H,8,9). The highest BCUT2D eigenvalue weighted by atomic mass is 32.2. The monoisotopic (exact) mass is 154 g/mol. The van der Waals surface area contributed by atoms with Crippen LogP contribution in [0.25, 0.3) is 5.57 Å². The first-order chi connectivity index (χ1) is 4.74. The van der Waals surface area contributed by atoms with Gasteiger partial charge < -0.3 is 4.98 Å². The van der Waals surface area contributed by atoms with Gasteiger partial charge in [0.15, 0.2) is 0 Å². The van der Waals surface area contributed by atoms with E-state index in [0.29, 0.717) is 0 Å². The lowest BCUT2D eigenvalue weighted by Gasteiger charge is -1.88. The van der Waals surface area contributed by atoms with Crippen LogP contribution in [0.4, 0.5) is 0 Å². The molecule has 0 fully saturated rings. The average molecular weight is 154 g/mol. The van der Waals surface area contributed by atoms with Gasteiger partial charge in [0.2, 0.25) is 0 Å². The van der Waals surface area contributed by atoms with Crippen molar-refractivity contribution in [3.05, 3.63) is 18.6 Å². The summed E-state index contributed by atoms with van der Waals surface area (Å²) in [6.45, 7) is 5.70. The lowest BCUT2D eigenvalue weighted by Crippen LogP contribution is -1.78. The number of hydrogen-bond acceptors (Lipinski definition) is 2. The number of thioether (sulfide) groups is 1. The molecule has 10 heavy (non-hydrogen) atoms. The average Bonchev–Trinajstić information content (AvgIpc) is 2.34. The SMILES string of the molecule is C=C(C)c1nc(SC)c[nH]1. The number of rotatable bonds is 2. The Bertz CT molecular complexity index is 240. The molecular formula is C7H10N2S. The van der Waals surface area contributed by atoms with Crippen LogP contribution in [0.15, 0.2) is 17.8 Å². The third-order valence-corrected chi connectivity index (χ3v) is 1.80. The molecule has 0 aromatic carbocycles. The van der Waals surface area contributed by atoms with Crippen LogP contribution in [-0.4, -0.2) is 16.2 Å². The summed E-state index contributed by atoms with van der Waals surface area (Å²) in [6.07, 6.45) is 3.88. The summed E-state index contributed by atoms with van der Waals surface area (Å²) in [6, 6.07) is 0. The molecule has 0 saturated heterocycles. The second-order valence-corrected chi connectivity index (χ2v) is 2.90. The molecule has 0 aliphatic heterocycles. The molecule has 0 unspecified atom stereocenters. The van der Waals surface area contributed by atoms with Crippen molar-refractivity contribution >= 4 is 17.3 Å². The fraction of sp³-hybridized carbons (Fsp3) is 0.286. The number of nitrogens with zero attached hydrogens (tertiary/aromatic N) is 1. The second kappa shape index (κ2) is 2.92. The van der Waals surface area contributed by atoms with Crippen LogP contribution in [0.5, 0.6) is 0 Å². The van der Waals surface area contributed by atoms with E-state index in [1.807, 2.05) is 19.4 Å². The maximum atomic E-state index is 4.24. The molecule has 1 rings (SSSR count). The topological polar surface area (TPSA) is 28.7 Å². The van der Waals surface area contributed by atoms with Crippen molar-refractivity contribution in [2.24, 2.45) is 0 Å². The number of aromatic amines is 1. The Morgan fingerprint density at radius 2 is 2.50 bits per heavy atom. The van der Waals surface area contributed by atoms with Gasteiger partial charge in [0.05, 0.1) is 0 Å². The van der Waals surface area contributed by atoms with Gasteiger partial charge in [-0.15, -0.1) is 11.8 Å². The summed E-state index contributed by atoms with van der Waals surface area (Å²) in [5, 5.41) is 1.01. The van der Waals surface area contributed by atoms with E-state index >= 15 is 0 Å². The fourth-order valence-corrected chi connectivity index (χ4v) is 0.987. The Morgan fingerprint density at radius 1 is 1.80 bits per heavy atom. The normalized spacial score (nSPS) is 9.80. The zero-order valence-electron chi connectivity index (χ0n) is 6.14. The molecule has 0 atom stereocenters. The fourth-order valence-electron chi connectivity index (χ4n) is 0.628. The van der Waals surface area contributed by atoms with Crippen molar-refractivity contribution in [3.8, 4) is 0 Å². The molecule has 3 heteroatoms. The van der Waals surface area contributed by atoms with Gasteiger partial charge in [0.1, 0.15) is 10.9 Å². The first-order valence-electron chi connectivity index (χ1n) is 2.99. The lowest BCUT2D eigenvalue weighted by atomic mass is 10.3. The predicted molar refractivity (Wildman–Crippen MR) is 45.1 cm³/mol. The molecule has 1 heterocycles. The number of nitrogens with one attached hydrogen (secondary N) is 1. The van der Waals surface area contributed by atoms with Crippen molar-refractivity contribution < 1.29 is 0 Å². The number of allylic oxidation sites excluding steroid dienone is 1.